The minimum absolute atomic E-state index is 0.895. The van der Waals surface area contributed by atoms with E-state index in [9.17, 15) is 0 Å². The minimum Gasteiger partial charge on any atom is -0.497 e. The quantitative estimate of drug-likeness (QED) is 0.725. The van der Waals surface area contributed by atoms with Crippen molar-refractivity contribution >= 4 is 18.7 Å². The molecule has 0 radical (unpaired) electrons. The minimum atomic E-state index is 0.895. The monoisotopic (exact) mass is 194 g/mol. The van der Waals surface area contributed by atoms with E-state index in [-0.39, 0.29) is 0 Å². The Bertz CT molecular complexity index is 264. The molecule has 0 aliphatic heterocycles. The lowest BCUT2D eigenvalue weighted by molar-refractivity contribution is 0.415. The summed E-state index contributed by atoms with van der Waals surface area (Å²) in [6.45, 7) is 0. The number of ether oxygens (including phenoxy) is 1. The van der Waals surface area contributed by atoms with Crippen molar-refractivity contribution in [2.24, 2.45) is 0 Å². The van der Waals surface area contributed by atoms with Crippen LogP contribution in [0.15, 0.2) is 30.3 Å². The molecule has 1 rings (SSSR count). The van der Waals surface area contributed by atoms with E-state index >= 15 is 0 Å². The summed E-state index contributed by atoms with van der Waals surface area (Å²) in [5.74, 6) is 1.79. The first-order valence-corrected chi connectivity index (χ1v) is 4.91. The topological polar surface area (TPSA) is 9.23 Å². The van der Waals surface area contributed by atoms with Gasteiger partial charge in [-0.1, -0.05) is 24.3 Å². The van der Waals surface area contributed by atoms with Crippen LogP contribution in [0, 0.1) is 0 Å². The molecular formula is C11H14OS. The predicted octanol–water partition coefficient (Wildman–Crippen LogP) is 3.03. The van der Waals surface area contributed by atoms with Gasteiger partial charge in [0.2, 0.25) is 0 Å². The molecule has 0 fully saturated rings. The molecule has 0 aliphatic carbocycles. The summed E-state index contributed by atoms with van der Waals surface area (Å²) in [5, 5.41) is 0. The fourth-order valence-corrected chi connectivity index (χ4v) is 1.16. The number of rotatable bonds is 4. The van der Waals surface area contributed by atoms with E-state index in [1.807, 2.05) is 24.3 Å². The number of hydrogen-bond donors (Lipinski definition) is 1. The standard InChI is InChI=1S/C11H14OS/c1-12-11-7-5-10(6-8-11)4-2-3-9-13/h2,4-8,13H,3,9H2,1H3. The molecule has 1 aromatic carbocycles. The SMILES string of the molecule is COc1ccc(C=CCCS)cc1. The second kappa shape index (κ2) is 5.70. The van der Waals surface area contributed by atoms with Gasteiger partial charge in [0.05, 0.1) is 7.11 Å². The smallest absolute Gasteiger partial charge is 0.118 e. The molecule has 70 valence electrons. The number of methoxy groups -OCH3 is 1. The van der Waals surface area contributed by atoms with Gasteiger partial charge in [-0.3, -0.25) is 0 Å². The number of thiol groups is 1. The summed E-state index contributed by atoms with van der Waals surface area (Å²) in [7, 11) is 1.67. The van der Waals surface area contributed by atoms with Gasteiger partial charge in [0.15, 0.2) is 0 Å². The van der Waals surface area contributed by atoms with Crippen molar-refractivity contribution in [3.8, 4) is 5.75 Å². The van der Waals surface area contributed by atoms with E-state index in [2.05, 4.69) is 24.8 Å². The van der Waals surface area contributed by atoms with Crippen molar-refractivity contribution < 1.29 is 4.74 Å². The molecule has 0 heterocycles. The van der Waals surface area contributed by atoms with Crippen LogP contribution in [-0.2, 0) is 0 Å². The van der Waals surface area contributed by atoms with Gasteiger partial charge in [0, 0.05) is 0 Å². The van der Waals surface area contributed by atoms with Crippen molar-refractivity contribution in [1.29, 1.82) is 0 Å². The van der Waals surface area contributed by atoms with Gasteiger partial charge in [0.25, 0.3) is 0 Å². The Balaban J connectivity index is 2.58. The van der Waals surface area contributed by atoms with Crippen LogP contribution in [0.3, 0.4) is 0 Å². The Kier molecular flexibility index (Phi) is 4.47. The van der Waals surface area contributed by atoms with Crippen LogP contribution in [0.1, 0.15) is 12.0 Å². The third-order valence-corrected chi connectivity index (χ3v) is 1.98. The maximum absolute atomic E-state index is 5.06. The summed E-state index contributed by atoms with van der Waals surface area (Å²) in [5.41, 5.74) is 1.20. The lowest BCUT2D eigenvalue weighted by Gasteiger charge is -1.98. The molecule has 0 amide bonds. The Morgan fingerprint density at radius 1 is 1.31 bits per heavy atom. The van der Waals surface area contributed by atoms with E-state index in [0.717, 1.165) is 17.9 Å². The molecule has 0 unspecified atom stereocenters. The second-order valence-corrected chi connectivity index (χ2v) is 3.14. The lowest BCUT2D eigenvalue weighted by Crippen LogP contribution is -1.81. The Labute approximate surface area is 84.8 Å². The van der Waals surface area contributed by atoms with E-state index < -0.39 is 0 Å². The molecule has 0 bridgehead atoms. The highest BCUT2D eigenvalue weighted by atomic mass is 32.1. The first kappa shape index (κ1) is 10.2. The molecule has 0 aromatic heterocycles. The molecule has 1 nitrogen and oxygen atoms in total. The summed E-state index contributed by atoms with van der Waals surface area (Å²) in [6.07, 6.45) is 5.22. The summed E-state index contributed by atoms with van der Waals surface area (Å²) in [6, 6.07) is 7.99. The Morgan fingerprint density at radius 3 is 2.54 bits per heavy atom. The molecule has 0 N–H and O–H groups in total. The Morgan fingerprint density at radius 2 is 2.00 bits per heavy atom. The average molecular weight is 194 g/mol. The predicted molar refractivity (Wildman–Crippen MR) is 60.5 cm³/mol. The van der Waals surface area contributed by atoms with Gasteiger partial charge in [-0.05, 0) is 29.9 Å². The summed E-state index contributed by atoms with van der Waals surface area (Å²) >= 11 is 4.13. The van der Waals surface area contributed by atoms with Crippen LogP contribution < -0.4 is 4.74 Å². The fraction of sp³-hybridized carbons (Fsp3) is 0.273. The number of allylic oxidation sites excluding steroid dienone is 1. The third-order valence-electron chi connectivity index (χ3n) is 1.72. The van der Waals surface area contributed by atoms with Gasteiger partial charge < -0.3 is 4.74 Å². The van der Waals surface area contributed by atoms with Gasteiger partial charge in [-0.15, -0.1) is 0 Å². The van der Waals surface area contributed by atoms with Crippen LogP contribution in [-0.4, -0.2) is 12.9 Å². The largest absolute Gasteiger partial charge is 0.497 e. The van der Waals surface area contributed by atoms with E-state index in [4.69, 9.17) is 4.74 Å². The van der Waals surface area contributed by atoms with Gasteiger partial charge in [0.1, 0.15) is 5.75 Å². The zero-order valence-corrected chi connectivity index (χ0v) is 8.63. The molecule has 0 aliphatic rings. The molecular weight excluding hydrogens is 180 g/mol. The summed E-state index contributed by atoms with van der Waals surface area (Å²) in [4.78, 5) is 0. The molecule has 0 atom stereocenters. The van der Waals surface area contributed by atoms with E-state index in [1.54, 1.807) is 7.11 Å². The van der Waals surface area contributed by atoms with Crippen LogP contribution in [0.2, 0.25) is 0 Å². The Hall–Kier alpha value is -0.890. The zero-order chi connectivity index (χ0) is 9.52. The maximum atomic E-state index is 5.06. The highest BCUT2D eigenvalue weighted by Crippen LogP contribution is 2.12. The molecule has 0 saturated carbocycles. The van der Waals surface area contributed by atoms with Crippen molar-refractivity contribution in [3.63, 3.8) is 0 Å². The van der Waals surface area contributed by atoms with Crippen molar-refractivity contribution in [1.82, 2.24) is 0 Å². The van der Waals surface area contributed by atoms with Crippen LogP contribution in [0.25, 0.3) is 6.08 Å². The number of benzene rings is 1. The second-order valence-electron chi connectivity index (χ2n) is 2.69. The van der Waals surface area contributed by atoms with E-state index in [0.29, 0.717) is 0 Å². The number of hydrogen-bond acceptors (Lipinski definition) is 2. The lowest BCUT2D eigenvalue weighted by atomic mass is 10.2. The van der Waals surface area contributed by atoms with Crippen molar-refractivity contribution in [2.45, 2.75) is 6.42 Å². The molecule has 0 spiro atoms. The normalized spacial score (nSPS) is 10.6. The van der Waals surface area contributed by atoms with E-state index in [1.165, 1.54) is 5.56 Å². The summed E-state index contributed by atoms with van der Waals surface area (Å²) < 4.78 is 5.06. The van der Waals surface area contributed by atoms with Gasteiger partial charge in [-0.25, -0.2) is 0 Å². The van der Waals surface area contributed by atoms with Crippen LogP contribution in [0.4, 0.5) is 0 Å². The third kappa shape index (κ3) is 3.55. The van der Waals surface area contributed by atoms with Crippen molar-refractivity contribution in [2.75, 3.05) is 12.9 Å². The first-order valence-electron chi connectivity index (χ1n) is 4.28. The molecule has 13 heavy (non-hydrogen) atoms. The average Bonchev–Trinajstić information content (AvgIpc) is 2.19. The maximum Gasteiger partial charge on any atom is 0.118 e. The highest BCUT2D eigenvalue weighted by molar-refractivity contribution is 7.80. The highest BCUT2D eigenvalue weighted by Gasteiger charge is 1.88. The molecule has 0 saturated heterocycles. The first-order chi connectivity index (χ1) is 6.36. The fourth-order valence-electron chi connectivity index (χ4n) is 1.01. The van der Waals surface area contributed by atoms with Gasteiger partial charge >= 0.3 is 0 Å². The van der Waals surface area contributed by atoms with Crippen LogP contribution in [0.5, 0.6) is 5.75 Å². The van der Waals surface area contributed by atoms with Gasteiger partial charge in [-0.2, -0.15) is 12.6 Å². The zero-order valence-electron chi connectivity index (χ0n) is 7.73. The van der Waals surface area contributed by atoms with Crippen LogP contribution >= 0.6 is 12.6 Å². The molecule has 2 heteroatoms. The molecule has 1 aromatic rings. The van der Waals surface area contributed by atoms with Crippen molar-refractivity contribution in [3.05, 3.63) is 35.9 Å².